The minimum atomic E-state index is -0.612. The Bertz CT molecular complexity index is 1580. The van der Waals surface area contributed by atoms with Crippen LogP contribution in [-0.2, 0) is 0 Å². The number of benzene rings is 4. The van der Waals surface area contributed by atoms with Gasteiger partial charge >= 0.3 is 17.9 Å². The van der Waals surface area contributed by atoms with Crippen molar-refractivity contribution in [1.82, 2.24) is 0 Å². The average Bonchev–Trinajstić information content (AvgIpc) is 3.16. The summed E-state index contributed by atoms with van der Waals surface area (Å²) >= 11 is 0. The van der Waals surface area contributed by atoms with E-state index in [2.05, 4.69) is 0 Å². The molecule has 10 nitrogen and oxygen atoms in total. The molecule has 0 saturated heterocycles. The Labute approximate surface area is 299 Å². The molecule has 0 unspecified atom stereocenters. The van der Waals surface area contributed by atoms with Gasteiger partial charge in [0.05, 0.1) is 29.9 Å². The molecule has 0 aliphatic rings. The highest BCUT2D eigenvalue weighted by Crippen LogP contribution is 2.22. The van der Waals surface area contributed by atoms with Gasteiger partial charge in [-0.25, -0.2) is 14.4 Å². The Kier molecular flexibility index (Phi) is 18.4. The molecule has 0 radical (unpaired) electrons. The molecule has 0 aliphatic heterocycles. The largest absolute Gasteiger partial charge is 0.494 e. The molecule has 0 spiro atoms. The van der Waals surface area contributed by atoms with E-state index in [1.165, 1.54) is 48.5 Å². The molecule has 0 fully saturated rings. The maximum Gasteiger partial charge on any atom is 0.343 e. The molecular formula is C41H48O10. The van der Waals surface area contributed by atoms with Gasteiger partial charge in [-0.3, -0.25) is 0 Å². The topological polar surface area (TPSA) is 138 Å². The van der Waals surface area contributed by atoms with Crippen LogP contribution in [0.1, 0.15) is 96.3 Å². The number of carbonyl (C=O) groups excluding carboxylic acids is 3. The summed E-state index contributed by atoms with van der Waals surface area (Å²) < 4.78 is 27.7. The molecule has 0 amide bonds. The van der Waals surface area contributed by atoms with Gasteiger partial charge in [0, 0.05) is 13.2 Å². The van der Waals surface area contributed by atoms with Crippen molar-refractivity contribution in [3.05, 3.63) is 114 Å². The Morgan fingerprint density at radius 1 is 0.392 bits per heavy atom. The van der Waals surface area contributed by atoms with Gasteiger partial charge in [-0.2, -0.15) is 0 Å². The first-order chi connectivity index (χ1) is 24.9. The number of ether oxygens (including phenoxy) is 5. The molecule has 0 heterocycles. The molecule has 51 heavy (non-hydrogen) atoms. The van der Waals surface area contributed by atoms with E-state index < -0.39 is 17.9 Å². The van der Waals surface area contributed by atoms with Crippen LogP contribution in [0, 0.1) is 0 Å². The van der Waals surface area contributed by atoms with E-state index in [1.807, 2.05) is 13.8 Å². The van der Waals surface area contributed by atoms with Crippen molar-refractivity contribution in [3.8, 4) is 28.7 Å². The van der Waals surface area contributed by atoms with Gasteiger partial charge in [0.2, 0.25) is 0 Å². The molecular weight excluding hydrogens is 652 g/mol. The highest BCUT2D eigenvalue weighted by Gasteiger charge is 2.13. The summed E-state index contributed by atoms with van der Waals surface area (Å²) in [5, 5.41) is 17.7. The minimum Gasteiger partial charge on any atom is -0.494 e. The normalized spacial score (nSPS) is 10.4. The molecule has 0 aliphatic carbocycles. The number of hydrogen-bond acceptors (Lipinski definition) is 10. The number of rotatable bonds is 20. The zero-order chi connectivity index (χ0) is 36.7. The molecule has 4 aromatic rings. The van der Waals surface area contributed by atoms with Crippen molar-refractivity contribution in [2.45, 2.75) is 65.2 Å². The van der Waals surface area contributed by atoms with Gasteiger partial charge < -0.3 is 33.9 Å². The van der Waals surface area contributed by atoms with E-state index in [-0.39, 0.29) is 36.0 Å². The molecule has 0 saturated carbocycles. The van der Waals surface area contributed by atoms with Crippen LogP contribution in [0.25, 0.3) is 0 Å². The van der Waals surface area contributed by atoms with Crippen molar-refractivity contribution < 1.29 is 48.3 Å². The number of hydrogen-bond donors (Lipinski definition) is 2. The minimum absolute atomic E-state index is 0.206. The summed E-state index contributed by atoms with van der Waals surface area (Å²) in [5.74, 6) is 0.425. The third kappa shape index (κ3) is 14.7. The Morgan fingerprint density at radius 3 is 0.941 bits per heavy atom. The van der Waals surface area contributed by atoms with Gasteiger partial charge in [-0.1, -0.05) is 26.7 Å². The lowest BCUT2D eigenvalue weighted by atomic mass is 10.2. The third-order valence-corrected chi connectivity index (χ3v) is 7.37. The SMILES string of the molecule is CC.O=C(Oc1ccc(OC(=O)c2ccc(OC(=O)c3ccc(OCCCCCCO)cc3)cc2)cc1)c1ccc(OCCCCCCO)cc1. The summed E-state index contributed by atoms with van der Waals surface area (Å²) in [4.78, 5) is 37.9. The molecule has 4 aromatic carbocycles. The fourth-order valence-corrected chi connectivity index (χ4v) is 4.62. The van der Waals surface area contributed by atoms with Crippen molar-refractivity contribution in [1.29, 1.82) is 0 Å². The number of carbonyl (C=O) groups is 3. The van der Waals surface area contributed by atoms with Gasteiger partial charge in [-0.15, -0.1) is 0 Å². The molecule has 10 heteroatoms. The van der Waals surface area contributed by atoms with Crippen molar-refractivity contribution in [2.75, 3.05) is 26.4 Å². The highest BCUT2D eigenvalue weighted by molar-refractivity contribution is 5.93. The van der Waals surface area contributed by atoms with Gasteiger partial charge in [0.1, 0.15) is 28.7 Å². The van der Waals surface area contributed by atoms with Crippen LogP contribution in [0.15, 0.2) is 97.1 Å². The van der Waals surface area contributed by atoms with Crippen molar-refractivity contribution in [3.63, 3.8) is 0 Å². The average molecular weight is 701 g/mol. The van der Waals surface area contributed by atoms with Crippen LogP contribution in [0.2, 0.25) is 0 Å². The summed E-state index contributed by atoms with van der Waals surface area (Å²) in [6.07, 6.45) is 7.26. The van der Waals surface area contributed by atoms with E-state index >= 15 is 0 Å². The fraction of sp³-hybridized carbons (Fsp3) is 0.341. The summed E-state index contributed by atoms with van der Waals surface area (Å²) in [6.45, 7) is 5.54. The molecule has 0 atom stereocenters. The summed E-state index contributed by atoms with van der Waals surface area (Å²) in [7, 11) is 0. The third-order valence-electron chi connectivity index (χ3n) is 7.37. The lowest BCUT2D eigenvalue weighted by molar-refractivity contribution is 0.0718. The Hall–Kier alpha value is -5.19. The van der Waals surface area contributed by atoms with E-state index in [0.29, 0.717) is 35.8 Å². The quantitative estimate of drug-likeness (QED) is 0.0527. The second-order valence-electron chi connectivity index (χ2n) is 11.2. The van der Waals surface area contributed by atoms with E-state index in [1.54, 1.807) is 48.5 Å². The lowest BCUT2D eigenvalue weighted by Gasteiger charge is -2.09. The number of unbranched alkanes of at least 4 members (excludes halogenated alkanes) is 6. The monoisotopic (exact) mass is 700 g/mol. The zero-order valence-electron chi connectivity index (χ0n) is 29.4. The second kappa shape index (κ2) is 23.3. The van der Waals surface area contributed by atoms with Crippen LogP contribution in [0.3, 0.4) is 0 Å². The fourth-order valence-electron chi connectivity index (χ4n) is 4.62. The van der Waals surface area contributed by atoms with E-state index in [9.17, 15) is 14.4 Å². The van der Waals surface area contributed by atoms with E-state index in [4.69, 9.17) is 33.9 Å². The first kappa shape index (κ1) is 40.2. The Morgan fingerprint density at radius 2 is 0.647 bits per heavy atom. The zero-order valence-corrected chi connectivity index (χ0v) is 29.4. The van der Waals surface area contributed by atoms with Crippen molar-refractivity contribution in [2.24, 2.45) is 0 Å². The summed E-state index contributed by atoms with van der Waals surface area (Å²) in [5.41, 5.74) is 0.968. The number of esters is 3. The molecule has 272 valence electrons. The number of aliphatic hydroxyl groups is 2. The number of aliphatic hydroxyl groups excluding tert-OH is 2. The van der Waals surface area contributed by atoms with E-state index in [0.717, 1.165) is 51.4 Å². The van der Waals surface area contributed by atoms with Crippen LogP contribution < -0.4 is 23.7 Å². The molecule has 0 aromatic heterocycles. The van der Waals surface area contributed by atoms with Crippen LogP contribution >= 0.6 is 0 Å². The molecule has 0 bridgehead atoms. The van der Waals surface area contributed by atoms with Gasteiger partial charge in [0.25, 0.3) is 0 Å². The van der Waals surface area contributed by atoms with Crippen molar-refractivity contribution >= 4 is 17.9 Å². The first-order valence-corrected chi connectivity index (χ1v) is 17.5. The lowest BCUT2D eigenvalue weighted by Crippen LogP contribution is -2.10. The maximum atomic E-state index is 12.7. The second-order valence-corrected chi connectivity index (χ2v) is 11.2. The molecule has 2 N–H and O–H groups in total. The maximum absolute atomic E-state index is 12.7. The highest BCUT2D eigenvalue weighted by atomic mass is 16.5. The smallest absolute Gasteiger partial charge is 0.343 e. The van der Waals surface area contributed by atoms with Crippen LogP contribution in [0.5, 0.6) is 28.7 Å². The Balaban J connectivity index is 0.00000345. The van der Waals surface area contributed by atoms with Crippen LogP contribution in [0.4, 0.5) is 0 Å². The predicted molar refractivity (Wildman–Crippen MR) is 194 cm³/mol. The molecule has 4 rings (SSSR count). The first-order valence-electron chi connectivity index (χ1n) is 17.5. The van der Waals surface area contributed by atoms with Gasteiger partial charge in [0.15, 0.2) is 0 Å². The summed E-state index contributed by atoms with van der Waals surface area (Å²) in [6, 6.07) is 25.4. The van der Waals surface area contributed by atoms with Gasteiger partial charge in [-0.05, 0) is 136 Å². The predicted octanol–water partition coefficient (Wildman–Crippen LogP) is 8.23. The van der Waals surface area contributed by atoms with Crippen LogP contribution in [-0.4, -0.2) is 54.5 Å². The standard InChI is InChI=1S/C39H42O10.C2H6/c40-25-5-1-3-7-27-45-32-15-9-29(10-16-32)37(42)47-34-19-13-31(14-20-34)39(44)49-36-23-21-35(22-24-36)48-38(43)30-11-17-33(18-12-30)46-28-8-4-2-6-26-41;1-2/h9-24,40-41H,1-8,25-28H2;1-2H3.